The number of pyridine rings is 1. The molecule has 2 aromatic heterocycles. The Hall–Kier alpha value is -3.62. The summed E-state index contributed by atoms with van der Waals surface area (Å²) in [5, 5.41) is 5.39. The Morgan fingerprint density at radius 2 is 2.17 bits per heavy atom. The summed E-state index contributed by atoms with van der Waals surface area (Å²) in [5.41, 5.74) is 5.98. The van der Waals surface area contributed by atoms with Gasteiger partial charge in [0.25, 0.3) is 0 Å². The van der Waals surface area contributed by atoms with Gasteiger partial charge in [0.2, 0.25) is 17.7 Å². The number of nitrogens with two attached hydrogens (primary N) is 1. The second-order valence-electron chi connectivity index (χ2n) is 7.03. The first-order chi connectivity index (χ1) is 14.5. The first-order valence-electron chi connectivity index (χ1n) is 9.81. The van der Waals surface area contributed by atoms with E-state index in [1.54, 1.807) is 36.5 Å². The molecule has 3 amide bonds. The topological polar surface area (TPSA) is 131 Å². The Balaban J connectivity index is 1.41. The summed E-state index contributed by atoms with van der Waals surface area (Å²) < 4.78 is 5.10. The van der Waals surface area contributed by atoms with Gasteiger partial charge in [-0.15, -0.1) is 0 Å². The molecule has 0 spiro atoms. The van der Waals surface area contributed by atoms with Gasteiger partial charge >= 0.3 is 0 Å². The highest BCUT2D eigenvalue weighted by molar-refractivity contribution is 5.93. The minimum Gasteiger partial charge on any atom is -0.465 e. The fraction of sp³-hybridized carbons (Fsp3) is 0.333. The van der Waals surface area contributed by atoms with Crippen molar-refractivity contribution >= 4 is 35.3 Å². The smallest absolute Gasteiger partial charge is 0.244 e. The van der Waals surface area contributed by atoms with Crippen LogP contribution in [0.25, 0.3) is 6.08 Å². The summed E-state index contributed by atoms with van der Waals surface area (Å²) in [7, 11) is 0. The standard InChI is InChI=1S/C21H25N5O4/c22-21(29)15-3-1-11-26(14-15)18-7-5-16(13-24-18)25-20(28)9-10-23-19(27)8-6-17-4-2-12-30-17/h2,4-8,12-13,15H,1,3,9-11,14H2,(H2,22,29)(H,23,27)(H,25,28)/b8-6+. The summed E-state index contributed by atoms with van der Waals surface area (Å²) in [5.74, 6) is 0.340. The lowest BCUT2D eigenvalue weighted by molar-refractivity contribution is -0.122. The molecule has 1 aliphatic heterocycles. The maximum atomic E-state index is 12.1. The molecule has 1 aliphatic rings. The first-order valence-corrected chi connectivity index (χ1v) is 9.81. The Kier molecular flexibility index (Phi) is 7.20. The van der Waals surface area contributed by atoms with E-state index in [0.29, 0.717) is 18.0 Å². The monoisotopic (exact) mass is 411 g/mol. The van der Waals surface area contributed by atoms with Crippen molar-refractivity contribution in [1.29, 1.82) is 0 Å². The number of nitrogens with one attached hydrogen (secondary N) is 2. The predicted molar refractivity (Wildman–Crippen MR) is 112 cm³/mol. The molecular formula is C21H25N5O4. The fourth-order valence-electron chi connectivity index (χ4n) is 3.19. The van der Waals surface area contributed by atoms with Gasteiger partial charge < -0.3 is 25.7 Å². The van der Waals surface area contributed by atoms with Crippen LogP contribution in [0.5, 0.6) is 0 Å². The highest BCUT2D eigenvalue weighted by atomic mass is 16.3. The fourth-order valence-corrected chi connectivity index (χ4v) is 3.19. The molecular weight excluding hydrogens is 386 g/mol. The van der Waals surface area contributed by atoms with Crippen LogP contribution in [0.15, 0.2) is 47.2 Å². The van der Waals surface area contributed by atoms with E-state index in [1.807, 2.05) is 4.90 Å². The lowest BCUT2D eigenvalue weighted by atomic mass is 9.97. The summed E-state index contributed by atoms with van der Waals surface area (Å²) in [6.07, 6.45) is 7.82. The molecule has 0 saturated carbocycles. The average Bonchev–Trinajstić information content (AvgIpc) is 3.26. The normalized spacial score (nSPS) is 16.4. The molecule has 0 radical (unpaired) electrons. The number of hydrogen-bond donors (Lipinski definition) is 3. The number of nitrogens with zero attached hydrogens (tertiary/aromatic N) is 2. The average molecular weight is 411 g/mol. The van der Waals surface area contributed by atoms with E-state index in [-0.39, 0.29) is 36.6 Å². The van der Waals surface area contributed by atoms with Crippen LogP contribution >= 0.6 is 0 Å². The van der Waals surface area contributed by atoms with Crippen LogP contribution < -0.4 is 21.3 Å². The van der Waals surface area contributed by atoms with Gasteiger partial charge in [0.1, 0.15) is 11.6 Å². The van der Waals surface area contributed by atoms with Crippen LogP contribution in [-0.2, 0) is 14.4 Å². The van der Waals surface area contributed by atoms with Gasteiger partial charge in [0.05, 0.1) is 24.1 Å². The zero-order valence-electron chi connectivity index (χ0n) is 16.5. The van der Waals surface area contributed by atoms with Crippen LogP contribution in [0.2, 0.25) is 0 Å². The van der Waals surface area contributed by atoms with E-state index < -0.39 is 0 Å². The van der Waals surface area contributed by atoms with Gasteiger partial charge in [-0.25, -0.2) is 4.98 Å². The number of piperidine rings is 1. The van der Waals surface area contributed by atoms with E-state index in [1.165, 1.54) is 12.3 Å². The number of hydrogen-bond acceptors (Lipinski definition) is 6. The van der Waals surface area contributed by atoms with Crippen molar-refractivity contribution in [2.75, 3.05) is 29.9 Å². The number of anilines is 2. The summed E-state index contributed by atoms with van der Waals surface area (Å²) >= 11 is 0. The number of rotatable bonds is 8. The molecule has 9 nitrogen and oxygen atoms in total. The van der Waals surface area contributed by atoms with Crippen LogP contribution in [-0.4, -0.2) is 42.3 Å². The zero-order chi connectivity index (χ0) is 21.3. The third-order valence-corrected chi connectivity index (χ3v) is 4.77. The minimum atomic E-state index is -0.305. The van der Waals surface area contributed by atoms with Gasteiger partial charge in [-0.2, -0.15) is 0 Å². The SMILES string of the molecule is NC(=O)C1CCCN(c2ccc(NC(=O)CCNC(=O)/C=C/c3ccco3)cn2)C1. The Labute approximate surface area is 174 Å². The van der Waals surface area contributed by atoms with Crippen LogP contribution in [0.4, 0.5) is 11.5 Å². The van der Waals surface area contributed by atoms with Crippen molar-refractivity contribution in [1.82, 2.24) is 10.3 Å². The first kappa shape index (κ1) is 21.1. The van der Waals surface area contributed by atoms with E-state index in [4.69, 9.17) is 10.2 Å². The van der Waals surface area contributed by atoms with Gasteiger partial charge in [-0.05, 0) is 43.2 Å². The number of amides is 3. The number of carbonyl (C=O) groups excluding carboxylic acids is 3. The number of aromatic nitrogens is 1. The maximum absolute atomic E-state index is 12.1. The summed E-state index contributed by atoms with van der Waals surface area (Å²) in [6, 6.07) is 7.03. The number of carbonyl (C=O) groups is 3. The molecule has 2 aromatic rings. The molecule has 0 bridgehead atoms. The molecule has 1 fully saturated rings. The molecule has 1 atom stereocenters. The van der Waals surface area contributed by atoms with E-state index in [2.05, 4.69) is 15.6 Å². The molecule has 3 rings (SSSR count). The zero-order valence-corrected chi connectivity index (χ0v) is 16.5. The van der Waals surface area contributed by atoms with Crippen molar-refractivity contribution in [2.24, 2.45) is 11.7 Å². The van der Waals surface area contributed by atoms with Gasteiger partial charge in [-0.1, -0.05) is 0 Å². The van der Waals surface area contributed by atoms with Gasteiger partial charge in [0, 0.05) is 32.1 Å². The van der Waals surface area contributed by atoms with Crippen molar-refractivity contribution in [2.45, 2.75) is 19.3 Å². The maximum Gasteiger partial charge on any atom is 0.244 e. The van der Waals surface area contributed by atoms with Crippen molar-refractivity contribution in [3.8, 4) is 0 Å². The summed E-state index contributed by atoms with van der Waals surface area (Å²) in [4.78, 5) is 41.6. The molecule has 158 valence electrons. The minimum absolute atomic E-state index is 0.133. The highest BCUT2D eigenvalue weighted by Gasteiger charge is 2.24. The molecule has 1 unspecified atom stereocenters. The Morgan fingerprint density at radius 3 is 2.87 bits per heavy atom. The number of primary amides is 1. The largest absolute Gasteiger partial charge is 0.465 e. The second-order valence-corrected chi connectivity index (χ2v) is 7.03. The molecule has 0 aliphatic carbocycles. The molecule has 30 heavy (non-hydrogen) atoms. The van der Waals surface area contributed by atoms with E-state index >= 15 is 0 Å². The van der Waals surface area contributed by atoms with E-state index in [9.17, 15) is 14.4 Å². The van der Waals surface area contributed by atoms with Crippen molar-refractivity contribution in [3.05, 3.63) is 48.6 Å². The molecule has 3 heterocycles. The number of furan rings is 1. The van der Waals surface area contributed by atoms with E-state index in [0.717, 1.165) is 25.2 Å². The molecule has 4 N–H and O–H groups in total. The molecule has 9 heteroatoms. The quantitative estimate of drug-likeness (QED) is 0.565. The van der Waals surface area contributed by atoms with Crippen LogP contribution in [0.3, 0.4) is 0 Å². The highest BCUT2D eigenvalue weighted by Crippen LogP contribution is 2.22. The van der Waals surface area contributed by atoms with Crippen molar-refractivity contribution in [3.63, 3.8) is 0 Å². The lowest BCUT2D eigenvalue weighted by Crippen LogP contribution is -2.41. The van der Waals surface area contributed by atoms with Gasteiger partial charge in [0.15, 0.2) is 0 Å². The molecule has 0 aromatic carbocycles. The third kappa shape index (κ3) is 6.20. The predicted octanol–water partition coefficient (Wildman–Crippen LogP) is 1.53. The third-order valence-electron chi connectivity index (χ3n) is 4.77. The lowest BCUT2D eigenvalue weighted by Gasteiger charge is -2.32. The Bertz CT molecular complexity index is 893. The van der Waals surface area contributed by atoms with Crippen LogP contribution in [0, 0.1) is 5.92 Å². The Morgan fingerprint density at radius 1 is 1.30 bits per heavy atom. The summed E-state index contributed by atoms with van der Waals surface area (Å²) in [6.45, 7) is 1.58. The van der Waals surface area contributed by atoms with Crippen molar-refractivity contribution < 1.29 is 18.8 Å². The molecule has 1 saturated heterocycles. The van der Waals surface area contributed by atoms with Crippen LogP contribution in [0.1, 0.15) is 25.0 Å². The van der Waals surface area contributed by atoms with Gasteiger partial charge in [-0.3, -0.25) is 14.4 Å². The second kappa shape index (κ2) is 10.2.